The van der Waals surface area contributed by atoms with Crippen LogP contribution in [0.25, 0.3) is 0 Å². The van der Waals surface area contributed by atoms with Gasteiger partial charge in [0.25, 0.3) is 0 Å². The summed E-state index contributed by atoms with van der Waals surface area (Å²) in [6, 6.07) is 10.4. The van der Waals surface area contributed by atoms with E-state index < -0.39 is 53.5 Å². The van der Waals surface area contributed by atoms with Crippen molar-refractivity contribution in [3.05, 3.63) is 71.3 Å². The number of aliphatic hydroxyl groups is 1. The summed E-state index contributed by atoms with van der Waals surface area (Å²) in [5.41, 5.74) is 1.16. The summed E-state index contributed by atoms with van der Waals surface area (Å²) < 4.78 is 27.9. The van der Waals surface area contributed by atoms with Gasteiger partial charge in [-0.05, 0) is 42.5 Å². The van der Waals surface area contributed by atoms with Crippen LogP contribution in [0.15, 0.2) is 48.5 Å². The first-order valence-corrected chi connectivity index (χ1v) is 14.0. The fourth-order valence-electron chi connectivity index (χ4n) is 5.63. The topological polar surface area (TPSA) is 111 Å². The lowest BCUT2D eigenvalue weighted by molar-refractivity contribution is -0.134. The van der Waals surface area contributed by atoms with E-state index >= 15 is 0 Å². The second-order valence-electron chi connectivity index (χ2n) is 10.7. The molecular weight excluding hydrogens is 518 g/mol. The van der Waals surface area contributed by atoms with E-state index in [1.165, 1.54) is 0 Å². The van der Waals surface area contributed by atoms with Crippen LogP contribution >= 0.6 is 0 Å². The second-order valence-corrected chi connectivity index (χ2v) is 10.7. The Morgan fingerprint density at radius 3 is 2.48 bits per heavy atom. The number of carbonyl (C=O) groups is 3. The molecule has 2 fully saturated rings. The average Bonchev–Trinajstić information content (AvgIpc) is 3.23. The van der Waals surface area contributed by atoms with Gasteiger partial charge in [0, 0.05) is 32.2 Å². The molecule has 0 spiro atoms. The molecule has 8 nitrogen and oxygen atoms in total. The Hall–Kier alpha value is -3.37. The molecule has 2 heterocycles. The van der Waals surface area contributed by atoms with Crippen molar-refractivity contribution in [3.8, 4) is 0 Å². The highest BCUT2D eigenvalue weighted by Gasteiger charge is 2.45. The number of nitrogens with zero attached hydrogens (tertiary/aromatic N) is 1. The van der Waals surface area contributed by atoms with Gasteiger partial charge in [0.1, 0.15) is 17.7 Å². The van der Waals surface area contributed by atoms with Gasteiger partial charge >= 0.3 is 0 Å². The fourth-order valence-corrected chi connectivity index (χ4v) is 5.63. The third kappa shape index (κ3) is 7.42. The number of rotatable bonds is 12. The lowest BCUT2D eigenvalue weighted by Gasteiger charge is -2.33. The van der Waals surface area contributed by atoms with Crippen molar-refractivity contribution in [2.75, 3.05) is 26.2 Å². The van der Waals surface area contributed by atoms with Crippen LogP contribution in [0.1, 0.15) is 37.3 Å². The predicted molar refractivity (Wildman–Crippen MR) is 146 cm³/mol. The van der Waals surface area contributed by atoms with E-state index in [4.69, 9.17) is 0 Å². The van der Waals surface area contributed by atoms with Crippen molar-refractivity contribution < 1.29 is 28.3 Å². The summed E-state index contributed by atoms with van der Waals surface area (Å²) in [5, 5.41) is 19.7. The quantitative estimate of drug-likeness (QED) is 0.299. The Morgan fingerprint density at radius 2 is 1.80 bits per heavy atom. The highest BCUT2D eigenvalue weighted by atomic mass is 19.1. The molecule has 2 aliphatic heterocycles. The maximum Gasteiger partial charge on any atom is 0.239 e. The molecule has 5 atom stereocenters. The van der Waals surface area contributed by atoms with Gasteiger partial charge in [-0.1, -0.05) is 50.1 Å². The first-order valence-electron chi connectivity index (χ1n) is 14.0. The van der Waals surface area contributed by atoms with Gasteiger partial charge in [-0.15, -0.1) is 0 Å². The summed E-state index contributed by atoms with van der Waals surface area (Å²) in [5.74, 6) is -3.80. The van der Waals surface area contributed by atoms with Crippen LogP contribution in [0, 0.1) is 23.5 Å². The molecule has 4 N–H and O–H groups in total. The number of unbranched alkanes of at least 4 members (excludes halogenated alkanes) is 2. The smallest absolute Gasteiger partial charge is 0.239 e. The van der Waals surface area contributed by atoms with Gasteiger partial charge < -0.3 is 26.0 Å². The van der Waals surface area contributed by atoms with Crippen molar-refractivity contribution in [2.45, 2.75) is 57.2 Å². The van der Waals surface area contributed by atoms with E-state index in [9.17, 15) is 28.3 Å². The van der Waals surface area contributed by atoms with E-state index in [1.807, 2.05) is 30.3 Å². The zero-order valence-electron chi connectivity index (χ0n) is 22.7. The predicted octanol–water partition coefficient (Wildman–Crippen LogP) is 1.95. The van der Waals surface area contributed by atoms with Crippen molar-refractivity contribution in [3.63, 3.8) is 0 Å². The highest BCUT2D eigenvalue weighted by molar-refractivity contribution is 5.91. The van der Waals surface area contributed by atoms with E-state index in [-0.39, 0.29) is 24.4 Å². The highest BCUT2D eigenvalue weighted by Crippen LogP contribution is 2.29. The number of benzene rings is 2. The first kappa shape index (κ1) is 29.6. The van der Waals surface area contributed by atoms with Gasteiger partial charge in [0.2, 0.25) is 17.7 Å². The molecule has 2 aliphatic rings. The molecule has 2 saturated heterocycles. The SMILES string of the molecule is CCCCCN1CC(C(=O)N[C@@H](Cc2cc(F)cc(F)c2)[C@H](O)[C@@H]2NCCNC2=O)C(Cc2ccccc2)C1=O. The molecule has 40 heavy (non-hydrogen) atoms. The van der Waals surface area contributed by atoms with Gasteiger partial charge in [-0.2, -0.15) is 0 Å². The number of hydrogen-bond acceptors (Lipinski definition) is 5. The van der Waals surface area contributed by atoms with E-state index in [0.29, 0.717) is 26.1 Å². The maximum atomic E-state index is 14.0. The third-order valence-electron chi connectivity index (χ3n) is 7.73. The Morgan fingerprint density at radius 1 is 1.07 bits per heavy atom. The van der Waals surface area contributed by atoms with Gasteiger partial charge in [-0.3, -0.25) is 14.4 Å². The summed E-state index contributed by atoms with van der Waals surface area (Å²) >= 11 is 0. The molecule has 10 heteroatoms. The number of nitrogens with one attached hydrogen (secondary N) is 3. The monoisotopic (exact) mass is 556 g/mol. The largest absolute Gasteiger partial charge is 0.389 e. The molecule has 3 amide bonds. The number of carbonyl (C=O) groups excluding carboxylic acids is 3. The molecule has 216 valence electrons. The van der Waals surface area contributed by atoms with Gasteiger partial charge in [0.05, 0.1) is 24.0 Å². The third-order valence-corrected chi connectivity index (χ3v) is 7.73. The molecule has 0 bridgehead atoms. The summed E-state index contributed by atoms with van der Waals surface area (Å²) in [6.45, 7) is 3.70. The van der Waals surface area contributed by atoms with Crippen LogP contribution in [-0.4, -0.2) is 72.1 Å². The standard InChI is InChI=1S/C30H38F2N4O4/c1-2-3-7-12-36-18-24(23(30(36)40)15-19-8-5-4-6-9-19)28(38)35-25(16-20-13-21(31)17-22(32)14-20)27(37)26-29(39)34-11-10-33-26/h4-6,8-9,13-14,17,23-27,33,37H,2-3,7,10-12,15-16,18H2,1H3,(H,34,39)(H,35,38)/t23?,24?,25-,26-,27-/m0/s1. The van der Waals surface area contributed by atoms with Crippen LogP contribution in [-0.2, 0) is 27.2 Å². The van der Waals surface area contributed by atoms with Gasteiger partial charge in [0.15, 0.2) is 0 Å². The molecule has 0 aromatic heterocycles. The summed E-state index contributed by atoms with van der Waals surface area (Å²) in [6.07, 6.45) is 1.69. The van der Waals surface area contributed by atoms with E-state index in [1.54, 1.807) is 4.90 Å². The number of halogens is 2. The minimum atomic E-state index is -1.39. The van der Waals surface area contributed by atoms with E-state index in [2.05, 4.69) is 22.9 Å². The molecule has 0 radical (unpaired) electrons. The lowest BCUT2D eigenvalue weighted by atomic mass is 9.87. The Balaban J connectivity index is 1.58. The fraction of sp³-hybridized carbons (Fsp3) is 0.500. The van der Waals surface area contributed by atoms with Crippen LogP contribution in [0.3, 0.4) is 0 Å². The molecule has 2 unspecified atom stereocenters. The number of aliphatic hydroxyl groups excluding tert-OH is 1. The number of piperazine rings is 1. The zero-order valence-corrected chi connectivity index (χ0v) is 22.7. The van der Waals surface area contributed by atoms with Gasteiger partial charge in [-0.25, -0.2) is 8.78 Å². The number of amides is 3. The molecule has 4 rings (SSSR count). The lowest BCUT2D eigenvalue weighted by Crippen LogP contribution is -2.63. The minimum Gasteiger partial charge on any atom is -0.389 e. The summed E-state index contributed by atoms with van der Waals surface area (Å²) in [4.78, 5) is 41.5. The van der Waals surface area contributed by atoms with Crippen molar-refractivity contribution >= 4 is 17.7 Å². The average molecular weight is 557 g/mol. The van der Waals surface area contributed by atoms with Crippen molar-refractivity contribution in [1.82, 2.24) is 20.9 Å². The van der Waals surface area contributed by atoms with Crippen LogP contribution in [0.4, 0.5) is 8.78 Å². The summed E-state index contributed by atoms with van der Waals surface area (Å²) in [7, 11) is 0. The molecule has 0 saturated carbocycles. The maximum absolute atomic E-state index is 14.0. The Labute approximate surface area is 233 Å². The Bertz CT molecular complexity index is 1160. The van der Waals surface area contributed by atoms with Crippen LogP contribution in [0.5, 0.6) is 0 Å². The number of likely N-dealkylation sites (tertiary alicyclic amines) is 1. The first-order chi connectivity index (χ1) is 19.3. The van der Waals surface area contributed by atoms with E-state index in [0.717, 1.165) is 43.0 Å². The van der Waals surface area contributed by atoms with Crippen LogP contribution in [0.2, 0.25) is 0 Å². The molecule has 2 aromatic rings. The normalized spacial score (nSPS) is 22.6. The molecule has 2 aromatic carbocycles. The minimum absolute atomic E-state index is 0.0854. The van der Waals surface area contributed by atoms with Crippen LogP contribution < -0.4 is 16.0 Å². The number of hydrogen-bond donors (Lipinski definition) is 4. The molecule has 0 aliphatic carbocycles. The Kier molecular flexibility index (Phi) is 10.2. The van der Waals surface area contributed by atoms with Crippen molar-refractivity contribution in [1.29, 1.82) is 0 Å². The zero-order chi connectivity index (χ0) is 28.6. The second kappa shape index (κ2) is 13.8. The van der Waals surface area contributed by atoms with Crippen molar-refractivity contribution in [2.24, 2.45) is 11.8 Å². The molecular formula is C30H38F2N4O4.